The minimum atomic E-state index is -0.0632. The van der Waals surface area contributed by atoms with E-state index in [-0.39, 0.29) is 29.9 Å². The Hall–Kier alpha value is -2.41. The molecule has 7 heteroatoms. The Morgan fingerprint density at radius 2 is 1.59 bits per heavy atom. The molecule has 1 aromatic rings. The fraction of sp³-hybridized carbons (Fsp3) is 0.640. The van der Waals surface area contributed by atoms with Crippen LogP contribution in [-0.2, 0) is 20.9 Å². The van der Waals surface area contributed by atoms with Crippen molar-refractivity contribution >= 4 is 17.7 Å². The zero-order chi connectivity index (χ0) is 23.5. The summed E-state index contributed by atoms with van der Waals surface area (Å²) in [5.74, 6) is 0.0741. The third-order valence-electron chi connectivity index (χ3n) is 5.53. The zero-order valence-corrected chi connectivity index (χ0v) is 20.1. The van der Waals surface area contributed by atoms with Crippen LogP contribution in [0.4, 0.5) is 0 Å². The van der Waals surface area contributed by atoms with E-state index in [2.05, 4.69) is 19.2 Å². The van der Waals surface area contributed by atoms with Crippen molar-refractivity contribution in [3.05, 3.63) is 35.4 Å². The SMILES string of the molecule is CCCN(CCC)C(=O)CCCC(=O)NCc1ccc(C(=O)N2CC(C)OC(C)C2)cc1. The molecular formula is C25H39N3O4. The monoisotopic (exact) mass is 445 g/mol. The number of benzene rings is 1. The average molecular weight is 446 g/mol. The lowest BCUT2D eigenvalue weighted by Gasteiger charge is -2.35. The highest BCUT2D eigenvalue weighted by Gasteiger charge is 2.26. The van der Waals surface area contributed by atoms with Gasteiger partial charge in [0.15, 0.2) is 0 Å². The highest BCUT2D eigenvalue weighted by molar-refractivity contribution is 5.94. The molecule has 178 valence electrons. The second-order valence-electron chi connectivity index (χ2n) is 8.68. The van der Waals surface area contributed by atoms with Crippen molar-refractivity contribution in [1.29, 1.82) is 0 Å². The normalized spacial score (nSPS) is 18.3. The van der Waals surface area contributed by atoms with Crippen LogP contribution in [0, 0.1) is 0 Å². The van der Waals surface area contributed by atoms with E-state index in [0.717, 1.165) is 31.5 Å². The molecule has 32 heavy (non-hydrogen) atoms. The third-order valence-corrected chi connectivity index (χ3v) is 5.53. The quantitative estimate of drug-likeness (QED) is 0.566. The lowest BCUT2D eigenvalue weighted by atomic mass is 10.1. The van der Waals surface area contributed by atoms with Crippen LogP contribution in [0.25, 0.3) is 0 Å². The number of morpholine rings is 1. The highest BCUT2D eigenvalue weighted by Crippen LogP contribution is 2.15. The Bertz CT molecular complexity index is 734. The van der Waals surface area contributed by atoms with E-state index in [9.17, 15) is 14.4 Å². The van der Waals surface area contributed by atoms with Crippen molar-refractivity contribution in [1.82, 2.24) is 15.1 Å². The lowest BCUT2D eigenvalue weighted by Crippen LogP contribution is -2.48. The number of carbonyl (C=O) groups excluding carboxylic acids is 3. The molecule has 1 heterocycles. The Kier molecular flexibility index (Phi) is 10.7. The molecule has 1 saturated heterocycles. The van der Waals surface area contributed by atoms with E-state index >= 15 is 0 Å². The first-order valence-electron chi connectivity index (χ1n) is 11.9. The summed E-state index contributed by atoms with van der Waals surface area (Å²) in [5.41, 5.74) is 1.58. The van der Waals surface area contributed by atoms with Gasteiger partial charge in [-0.3, -0.25) is 14.4 Å². The first-order chi connectivity index (χ1) is 15.3. The van der Waals surface area contributed by atoms with Gasteiger partial charge in [-0.2, -0.15) is 0 Å². The van der Waals surface area contributed by atoms with Gasteiger partial charge in [0.2, 0.25) is 11.8 Å². The molecule has 2 atom stereocenters. The molecular weight excluding hydrogens is 406 g/mol. The lowest BCUT2D eigenvalue weighted by molar-refractivity contribution is -0.131. The van der Waals surface area contributed by atoms with Crippen LogP contribution in [0.15, 0.2) is 24.3 Å². The molecule has 1 aliphatic rings. The maximum atomic E-state index is 12.7. The van der Waals surface area contributed by atoms with Crippen LogP contribution in [-0.4, -0.2) is 65.9 Å². The first kappa shape index (κ1) is 25.8. The Morgan fingerprint density at radius 1 is 1.00 bits per heavy atom. The summed E-state index contributed by atoms with van der Waals surface area (Å²) >= 11 is 0. The summed E-state index contributed by atoms with van der Waals surface area (Å²) in [6.07, 6.45) is 3.26. The van der Waals surface area contributed by atoms with Crippen LogP contribution in [0.1, 0.15) is 75.7 Å². The van der Waals surface area contributed by atoms with Gasteiger partial charge in [-0.1, -0.05) is 26.0 Å². The maximum absolute atomic E-state index is 12.7. The minimum absolute atomic E-state index is 0.00689. The standard InChI is InChI=1S/C25H39N3O4/c1-5-14-27(15-6-2)24(30)9-7-8-23(29)26-16-21-10-12-22(13-11-21)25(31)28-17-19(3)32-20(4)18-28/h10-13,19-20H,5-9,14-18H2,1-4H3,(H,26,29). The fourth-order valence-corrected chi connectivity index (χ4v) is 4.04. The molecule has 1 aliphatic heterocycles. The number of ether oxygens (including phenoxy) is 1. The molecule has 1 N–H and O–H groups in total. The van der Waals surface area contributed by atoms with Crippen LogP contribution in [0.5, 0.6) is 0 Å². The van der Waals surface area contributed by atoms with Gasteiger partial charge in [0.05, 0.1) is 12.2 Å². The molecule has 0 spiro atoms. The predicted molar refractivity (Wildman–Crippen MR) is 125 cm³/mol. The number of hydrogen-bond donors (Lipinski definition) is 1. The highest BCUT2D eigenvalue weighted by atomic mass is 16.5. The molecule has 0 saturated carbocycles. The van der Waals surface area contributed by atoms with Gasteiger partial charge in [0, 0.05) is 51.1 Å². The third kappa shape index (κ3) is 8.26. The van der Waals surface area contributed by atoms with E-state index in [1.54, 1.807) is 0 Å². The van der Waals surface area contributed by atoms with Crippen molar-refractivity contribution in [2.45, 2.75) is 78.6 Å². The van der Waals surface area contributed by atoms with Gasteiger partial charge in [0.1, 0.15) is 0 Å². The molecule has 1 aromatic carbocycles. The van der Waals surface area contributed by atoms with Gasteiger partial charge in [0.25, 0.3) is 5.91 Å². The molecule has 0 aromatic heterocycles. The van der Waals surface area contributed by atoms with Crippen molar-refractivity contribution in [2.75, 3.05) is 26.2 Å². The Morgan fingerprint density at radius 3 is 2.16 bits per heavy atom. The Balaban J connectivity index is 1.74. The molecule has 1 fully saturated rings. The Labute approximate surface area is 192 Å². The maximum Gasteiger partial charge on any atom is 0.254 e. The second kappa shape index (κ2) is 13.2. The summed E-state index contributed by atoms with van der Waals surface area (Å²) in [5, 5.41) is 2.90. The summed E-state index contributed by atoms with van der Waals surface area (Å²) in [6, 6.07) is 7.36. The van der Waals surface area contributed by atoms with Crippen LogP contribution >= 0.6 is 0 Å². The van der Waals surface area contributed by atoms with Crippen molar-refractivity contribution in [3.63, 3.8) is 0 Å². The van der Waals surface area contributed by atoms with E-state index in [4.69, 9.17) is 4.74 Å². The molecule has 2 unspecified atom stereocenters. The van der Waals surface area contributed by atoms with Gasteiger partial charge in [-0.05, 0) is 50.8 Å². The van der Waals surface area contributed by atoms with Gasteiger partial charge in [-0.15, -0.1) is 0 Å². The number of amides is 3. The van der Waals surface area contributed by atoms with Crippen molar-refractivity contribution in [2.24, 2.45) is 0 Å². The molecule has 0 radical (unpaired) electrons. The van der Waals surface area contributed by atoms with Crippen LogP contribution < -0.4 is 5.32 Å². The number of hydrogen-bond acceptors (Lipinski definition) is 4. The predicted octanol–water partition coefficient (Wildman–Crippen LogP) is 3.37. The number of carbonyl (C=O) groups is 3. The summed E-state index contributed by atoms with van der Waals surface area (Å²) < 4.78 is 5.70. The molecule has 7 nitrogen and oxygen atoms in total. The zero-order valence-electron chi connectivity index (χ0n) is 20.1. The van der Waals surface area contributed by atoms with E-state index in [1.165, 1.54) is 0 Å². The van der Waals surface area contributed by atoms with Gasteiger partial charge >= 0.3 is 0 Å². The van der Waals surface area contributed by atoms with E-state index in [1.807, 2.05) is 47.9 Å². The first-order valence-corrected chi connectivity index (χ1v) is 11.9. The number of nitrogens with one attached hydrogen (secondary N) is 1. The average Bonchev–Trinajstić information content (AvgIpc) is 2.76. The fourth-order valence-electron chi connectivity index (χ4n) is 4.04. The molecule has 3 amide bonds. The largest absolute Gasteiger partial charge is 0.372 e. The topological polar surface area (TPSA) is 79.0 Å². The summed E-state index contributed by atoms with van der Waals surface area (Å²) in [7, 11) is 0. The molecule has 0 bridgehead atoms. The molecule has 2 rings (SSSR count). The van der Waals surface area contributed by atoms with Crippen LogP contribution in [0.3, 0.4) is 0 Å². The van der Waals surface area contributed by atoms with E-state index < -0.39 is 0 Å². The number of rotatable bonds is 11. The molecule has 0 aliphatic carbocycles. The smallest absolute Gasteiger partial charge is 0.254 e. The summed E-state index contributed by atoms with van der Waals surface area (Å²) in [4.78, 5) is 40.9. The minimum Gasteiger partial charge on any atom is -0.372 e. The van der Waals surface area contributed by atoms with Crippen molar-refractivity contribution < 1.29 is 19.1 Å². The number of nitrogens with zero attached hydrogens (tertiary/aromatic N) is 2. The van der Waals surface area contributed by atoms with Gasteiger partial charge in [-0.25, -0.2) is 0 Å². The van der Waals surface area contributed by atoms with E-state index in [0.29, 0.717) is 44.5 Å². The van der Waals surface area contributed by atoms with Crippen molar-refractivity contribution in [3.8, 4) is 0 Å². The van der Waals surface area contributed by atoms with Gasteiger partial charge < -0.3 is 19.9 Å². The second-order valence-corrected chi connectivity index (χ2v) is 8.68. The van der Waals surface area contributed by atoms with Crippen LogP contribution in [0.2, 0.25) is 0 Å². The summed E-state index contributed by atoms with van der Waals surface area (Å²) in [6.45, 7) is 11.2.